The first-order chi connectivity index (χ1) is 17.7. The summed E-state index contributed by atoms with van der Waals surface area (Å²) in [5.41, 5.74) is 1.98. The van der Waals surface area contributed by atoms with Crippen LogP contribution < -0.4 is 10.6 Å². The van der Waals surface area contributed by atoms with Gasteiger partial charge in [-0.25, -0.2) is 0 Å². The number of rotatable bonds is 9. The fourth-order valence-electron chi connectivity index (χ4n) is 6.63. The molecule has 6 atom stereocenters. The molecule has 0 radical (unpaired) electrons. The van der Waals surface area contributed by atoms with Crippen molar-refractivity contribution < 1.29 is 24.2 Å². The molecule has 3 heterocycles. The van der Waals surface area contributed by atoms with Gasteiger partial charge in [-0.15, -0.1) is 0 Å². The van der Waals surface area contributed by atoms with Gasteiger partial charge in [0.05, 0.1) is 37.2 Å². The Bertz CT molecular complexity index is 915. The molecule has 3 saturated heterocycles. The zero-order chi connectivity index (χ0) is 26.6. The van der Waals surface area contributed by atoms with Crippen LogP contribution in [0.4, 0.5) is 5.69 Å². The summed E-state index contributed by atoms with van der Waals surface area (Å²) in [5, 5.41) is 16.0. The van der Waals surface area contributed by atoms with Gasteiger partial charge in [0.25, 0.3) is 0 Å². The Kier molecular flexibility index (Phi) is 9.45. The minimum Gasteiger partial charge on any atom is -0.432 e. The minimum atomic E-state index is -2.56. The van der Waals surface area contributed by atoms with Gasteiger partial charge in [0.15, 0.2) is 8.32 Å². The van der Waals surface area contributed by atoms with Crippen molar-refractivity contribution in [3.8, 4) is 0 Å². The van der Waals surface area contributed by atoms with E-state index in [-0.39, 0.29) is 60.5 Å². The van der Waals surface area contributed by atoms with E-state index in [2.05, 4.69) is 29.7 Å². The van der Waals surface area contributed by atoms with Gasteiger partial charge >= 0.3 is 0 Å². The van der Waals surface area contributed by atoms with Gasteiger partial charge in [0.2, 0.25) is 11.8 Å². The second-order valence-corrected chi connectivity index (χ2v) is 15.8. The number of amides is 2. The molecular weight excluding hydrogens is 486 g/mol. The Morgan fingerprint density at radius 1 is 1.16 bits per heavy atom. The smallest absolute Gasteiger partial charge is 0.228 e. The normalized spacial score (nSPS) is 30.5. The summed E-state index contributed by atoms with van der Waals surface area (Å²) in [5.74, 6) is 0.301. The lowest BCUT2D eigenvalue weighted by Crippen LogP contribution is -2.43. The monoisotopic (exact) mass is 531 g/mol. The maximum Gasteiger partial charge on any atom is 0.228 e. The zero-order valence-corrected chi connectivity index (χ0v) is 23.6. The van der Waals surface area contributed by atoms with Crippen molar-refractivity contribution in [3.05, 3.63) is 29.8 Å². The molecule has 1 unspecified atom stereocenters. The van der Waals surface area contributed by atoms with Gasteiger partial charge in [-0.1, -0.05) is 19.1 Å². The van der Waals surface area contributed by atoms with Crippen LogP contribution in [0.2, 0.25) is 18.6 Å². The first-order valence-corrected chi connectivity index (χ1v) is 17.1. The molecule has 3 aliphatic rings. The van der Waals surface area contributed by atoms with E-state index in [1.807, 2.05) is 25.2 Å². The highest BCUT2D eigenvalue weighted by Crippen LogP contribution is 2.45. The summed E-state index contributed by atoms with van der Waals surface area (Å²) in [4.78, 5) is 38.5. The lowest BCUT2D eigenvalue weighted by Gasteiger charge is -2.31. The van der Waals surface area contributed by atoms with Crippen molar-refractivity contribution in [2.24, 2.45) is 11.8 Å². The van der Waals surface area contributed by atoms with E-state index in [9.17, 15) is 19.5 Å². The Morgan fingerprint density at radius 2 is 1.92 bits per heavy atom. The van der Waals surface area contributed by atoms with Gasteiger partial charge in [-0.2, -0.15) is 0 Å². The van der Waals surface area contributed by atoms with Gasteiger partial charge in [-0.3, -0.25) is 9.59 Å². The number of aryl methyl sites for hydroxylation is 1. The van der Waals surface area contributed by atoms with Gasteiger partial charge in [-0.05, 0) is 81.8 Å². The maximum atomic E-state index is 13.1. The molecule has 1 aromatic carbocycles. The van der Waals surface area contributed by atoms with Crippen LogP contribution in [0.15, 0.2) is 24.3 Å². The highest BCUT2D eigenvalue weighted by atomic mass is 28.4. The highest BCUT2D eigenvalue weighted by molar-refractivity contribution is 6.71. The molecule has 4 rings (SSSR count). The van der Waals surface area contributed by atoms with Gasteiger partial charge in [0.1, 0.15) is 0 Å². The predicted molar refractivity (Wildman–Crippen MR) is 147 cm³/mol. The molecular formula is C28H45N3O5Si. The summed E-state index contributed by atoms with van der Waals surface area (Å²) < 4.78 is 6.48. The van der Waals surface area contributed by atoms with Crippen molar-refractivity contribution in [1.29, 1.82) is 0 Å². The Hall–Kier alpha value is -1.78. The number of hydrogen-bond donors (Lipinski definition) is 4. The number of hydrogen-bond acceptors (Lipinski definition) is 6. The number of carbonyl (C=O) groups excluding carboxylic acids is 2. The van der Waals surface area contributed by atoms with E-state index < -0.39 is 8.32 Å². The third-order valence-electron chi connectivity index (χ3n) is 8.61. The fraction of sp³-hybridized carbons (Fsp3) is 0.714. The lowest BCUT2D eigenvalue weighted by molar-refractivity contribution is -0.135. The van der Waals surface area contributed by atoms with Crippen LogP contribution in [0.5, 0.6) is 0 Å². The SMILES string of the molecule is C[C@@H]1[C@@H]([Si](C)(C)O)[C@H](CC(=O)N2CCC[C@H]2CO)O[C@@H]1CCc1ccc(NC(=O)C2CCCNC2)cc1. The van der Waals surface area contributed by atoms with E-state index in [1.54, 1.807) is 4.90 Å². The number of piperidine rings is 1. The van der Waals surface area contributed by atoms with Crippen molar-refractivity contribution >= 4 is 25.8 Å². The van der Waals surface area contributed by atoms with E-state index in [0.29, 0.717) is 6.54 Å². The molecule has 3 fully saturated rings. The molecule has 206 valence electrons. The Morgan fingerprint density at radius 3 is 2.57 bits per heavy atom. The fourth-order valence-corrected chi connectivity index (χ4v) is 9.24. The first kappa shape index (κ1) is 28.2. The van der Waals surface area contributed by atoms with Crippen molar-refractivity contribution in [2.45, 2.75) is 88.8 Å². The number of aliphatic hydroxyl groups excluding tert-OH is 1. The van der Waals surface area contributed by atoms with E-state index in [0.717, 1.165) is 57.3 Å². The maximum absolute atomic E-state index is 13.1. The summed E-state index contributed by atoms with van der Waals surface area (Å²) in [6.45, 7) is 8.45. The van der Waals surface area contributed by atoms with Crippen molar-refractivity contribution in [3.63, 3.8) is 0 Å². The number of nitrogens with one attached hydrogen (secondary N) is 2. The lowest BCUT2D eigenvalue weighted by atomic mass is 9.95. The van der Waals surface area contributed by atoms with E-state index in [1.165, 1.54) is 5.56 Å². The molecule has 2 amide bonds. The van der Waals surface area contributed by atoms with E-state index >= 15 is 0 Å². The van der Waals surface area contributed by atoms with Crippen LogP contribution in [0.25, 0.3) is 0 Å². The summed E-state index contributed by atoms with van der Waals surface area (Å²) in [6, 6.07) is 7.95. The van der Waals surface area contributed by atoms with Crippen LogP contribution in [0.1, 0.15) is 51.0 Å². The number of aliphatic hydroxyl groups is 1. The van der Waals surface area contributed by atoms with Crippen LogP contribution in [-0.2, 0) is 20.7 Å². The molecule has 0 bridgehead atoms. The molecule has 8 nitrogen and oxygen atoms in total. The number of anilines is 1. The summed E-state index contributed by atoms with van der Waals surface area (Å²) in [6.07, 6.45) is 5.33. The van der Waals surface area contributed by atoms with Gasteiger partial charge < -0.3 is 30.2 Å². The minimum absolute atomic E-state index is 0.000221. The average molecular weight is 532 g/mol. The molecule has 4 N–H and O–H groups in total. The second-order valence-electron chi connectivity index (χ2n) is 11.8. The van der Waals surface area contributed by atoms with E-state index in [4.69, 9.17) is 4.74 Å². The highest BCUT2D eigenvalue weighted by Gasteiger charge is 2.50. The van der Waals surface area contributed by atoms with Crippen LogP contribution in [0.3, 0.4) is 0 Å². The summed E-state index contributed by atoms with van der Waals surface area (Å²) >= 11 is 0. The number of carbonyl (C=O) groups is 2. The molecule has 0 spiro atoms. The van der Waals surface area contributed by atoms with Crippen LogP contribution in [0, 0.1) is 11.8 Å². The van der Waals surface area contributed by atoms with Crippen molar-refractivity contribution in [2.75, 3.05) is 31.6 Å². The van der Waals surface area contributed by atoms with Crippen LogP contribution >= 0.6 is 0 Å². The third-order valence-corrected chi connectivity index (χ3v) is 11.1. The number of nitrogens with zero attached hydrogens (tertiary/aromatic N) is 1. The standard InChI is InChI=1S/C28H45N3O5Si/c1-19-24(13-10-20-8-11-22(12-9-20)30-28(34)21-6-4-14-29-17-21)36-25(27(19)37(2,3)35)16-26(33)31-15-5-7-23(31)18-32/h8-9,11-12,19,21,23-25,27,29,32,35H,4-7,10,13-18H2,1-3H3,(H,30,34)/t19-,21?,23-,24+,25-,27+/m0/s1. The molecule has 9 heteroatoms. The van der Waals surface area contributed by atoms with Crippen LogP contribution in [-0.4, -0.2) is 79.4 Å². The molecule has 3 aliphatic heterocycles. The molecule has 37 heavy (non-hydrogen) atoms. The average Bonchev–Trinajstić information content (AvgIpc) is 3.48. The predicted octanol–water partition coefficient (Wildman–Crippen LogP) is 2.90. The zero-order valence-electron chi connectivity index (χ0n) is 22.6. The molecule has 1 aromatic rings. The van der Waals surface area contributed by atoms with Gasteiger partial charge in [0, 0.05) is 24.3 Å². The Labute approximate surface area is 222 Å². The largest absolute Gasteiger partial charge is 0.432 e. The number of likely N-dealkylation sites (tertiary alicyclic amines) is 1. The summed E-state index contributed by atoms with van der Waals surface area (Å²) in [7, 11) is -2.56. The quantitative estimate of drug-likeness (QED) is 0.365. The third kappa shape index (κ3) is 7.00. The number of benzene rings is 1. The Balaban J connectivity index is 1.33. The molecule has 0 saturated carbocycles. The van der Waals surface area contributed by atoms with Crippen molar-refractivity contribution in [1.82, 2.24) is 10.2 Å². The molecule has 0 aliphatic carbocycles. The number of ether oxygens (including phenoxy) is 1. The second kappa shape index (κ2) is 12.4. The molecule has 0 aromatic heterocycles. The first-order valence-electron chi connectivity index (χ1n) is 14.1. The topological polar surface area (TPSA) is 111 Å².